The lowest BCUT2D eigenvalue weighted by molar-refractivity contribution is 0.180. The summed E-state index contributed by atoms with van der Waals surface area (Å²) in [5, 5.41) is 4.48. The Morgan fingerprint density at radius 1 is 1.13 bits per heavy atom. The van der Waals surface area contributed by atoms with Crippen LogP contribution in [-0.2, 0) is 6.54 Å². The first kappa shape index (κ1) is 23.1. The number of fused-ring (bicyclic) bond motifs is 1. The van der Waals surface area contributed by atoms with Gasteiger partial charge < -0.3 is 10.2 Å². The van der Waals surface area contributed by atoms with Crippen molar-refractivity contribution < 1.29 is 4.79 Å². The van der Waals surface area contributed by atoms with Crippen molar-refractivity contribution in [1.29, 1.82) is 0 Å². The Labute approximate surface area is 191 Å². The molecule has 0 saturated carbocycles. The molecule has 0 aliphatic carbocycles. The molecule has 3 aromatic rings. The minimum absolute atomic E-state index is 0.135. The Hall–Kier alpha value is -2.57. The molecule has 0 saturated heterocycles. The van der Waals surface area contributed by atoms with Crippen LogP contribution in [0.15, 0.2) is 47.3 Å². The summed E-state index contributed by atoms with van der Waals surface area (Å²) in [6, 6.07) is 11.4. The molecule has 0 aliphatic heterocycles. The van der Waals surface area contributed by atoms with Crippen molar-refractivity contribution >= 4 is 45.8 Å². The number of nitrogens with one attached hydrogen (secondary N) is 1. The number of rotatable bonds is 7. The fourth-order valence-corrected chi connectivity index (χ4v) is 4.07. The Balaban J connectivity index is 2.07. The number of carbonyl (C=O) groups excluding carboxylic acids is 1. The number of nitrogens with zero attached hydrogens (tertiary/aromatic N) is 3. The van der Waals surface area contributed by atoms with E-state index in [0.717, 1.165) is 6.42 Å². The highest BCUT2D eigenvalue weighted by Crippen LogP contribution is 2.26. The average molecular weight is 461 g/mol. The largest absolute Gasteiger partial charge is 0.322 e. The number of carbonyl (C=O) groups is 1. The van der Waals surface area contributed by atoms with E-state index in [1.54, 1.807) is 51.9 Å². The molecular weight excluding hydrogens is 435 g/mol. The molecule has 1 N–H and O–H groups in total. The zero-order valence-corrected chi connectivity index (χ0v) is 19.4. The highest BCUT2D eigenvalue weighted by Gasteiger charge is 2.28. The topological polar surface area (TPSA) is 67.2 Å². The third kappa shape index (κ3) is 5.02. The Morgan fingerprint density at radius 3 is 2.52 bits per heavy atom. The fraction of sp³-hybridized carbons (Fsp3) is 0.348. The summed E-state index contributed by atoms with van der Waals surface area (Å²) in [7, 11) is 0. The van der Waals surface area contributed by atoms with E-state index >= 15 is 0 Å². The first-order chi connectivity index (χ1) is 14.9. The van der Waals surface area contributed by atoms with E-state index in [1.165, 1.54) is 0 Å². The van der Waals surface area contributed by atoms with Crippen LogP contribution in [0.25, 0.3) is 10.9 Å². The van der Waals surface area contributed by atoms with Gasteiger partial charge in [0.25, 0.3) is 5.56 Å². The van der Waals surface area contributed by atoms with Crippen LogP contribution in [0.5, 0.6) is 0 Å². The van der Waals surface area contributed by atoms with Crippen LogP contribution >= 0.6 is 23.2 Å². The summed E-state index contributed by atoms with van der Waals surface area (Å²) in [5.41, 5.74) is 1.01. The number of urea groups is 1. The molecule has 8 heteroatoms. The number of hydrogen-bond donors (Lipinski definition) is 1. The predicted molar refractivity (Wildman–Crippen MR) is 127 cm³/mol. The first-order valence-electron chi connectivity index (χ1n) is 10.4. The van der Waals surface area contributed by atoms with Gasteiger partial charge in [-0.2, -0.15) is 0 Å². The van der Waals surface area contributed by atoms with Crippen molar-refractivity contribution in [2.45, 2.75) is 46.2 Å². The van der Waals surface area contributed by atoms with Gasteiger partial charge in [0.05, 0.1) is 16.9 Å². The number of halogens is 2. The fourth-order valence-electron chi connectivity index (χ4n) is 3.72. The van der Waals surface area contributed by atoms with Crippen LogP contribution in [0.2, 0.25) is 10.0 Å². The van der Waals surface area contributed by atoms with Crippen LogP contribution in [0.1, 0.15) is 45.5 Å². The molecule has 3 rings (SSSR count). The predicted octanol–water partition coefficient (Wildman–Crippen LogP) is 6.12. The second-order valence-electron chi connectivity index (χ2n) is 7.24. The molecule has 1 heterocycles. The molecule has 0 aliphatic rings. The number of hydrogen-bond acceptors (Lipinski definition) is 3. The van der Waals surface area contributed by atoms with Gasteiger partial charge in [0.2, 0.25) is 0 Å². The van der Waals surface area contributed by atoms with Gasteiger partial charge in [-0.05, 0) is 56.2 Å². The van der Waals surface area contributed by atoms with E-state index in [4.69, 9.17) is 28.2 Å². The van der Waals surface area contributed by atoms with Gasteiger partial charge in [0.1, 0.15) is 5.82 Å². The van der Waals surface area contributed by atoms with E-state index in [-0.39, 0.29) is 17.6 Å². The van der Waals surface area contributed by atoms with Crippen LogP contribution in [0.3, 0.4) is 0 Å². The summed E-state index contributed by atoms with van der Waals surface area (Å²) in [6.45, 7) is 6.85. The summed E-state index contributed by atoms with van der Waals surface area (Å²) >= 11 is 12.2. The van der Waals surface area contributed by atoms with Crippen molar-refractivity contribution in [3.05, 3.63) is 68.7 Å². The minimum Gasteiger partial charge on any atom is -0.314 e. The molecule has 1 atom stereocenters. The Bertz CT molecular complexity index is 1150. The second-order valence-corrected chi connectivity index (χ2v) is 8.11. The minimum atomic E-state index is -0.379. The second kappa shape index (κ2) is 10.2. The molecular formula is C23H26Cl2N4O2. The number of benzene rings is 2. The third-order valence-corrected chi connectivity index (χ3v) is 5.60. The molecule has 0 bridgehead atoms. The van der Waals surface area contributed by atoms with E-state index in [2.05, 4.69) is 5.32 Å². The van der Waals surface area contributed by atoms with Crippen molar-refractivity contribution in [2.24, 2.45) is 0 Å². The molecule has 6 nitrogen and oxygen atoms in total. The summed E-state index contributed by atoms with van der Waals surface area (Å²) in [4.78, 5) is 32.9. The number of aromatic nitrogens is 2. The highest BCUT2D eigenvalue weighted by molar-refractivity contribution is 6.31. The van der Waals surface area contributed by atoms with Crippen molar-refractivity contribution in [2.75, 3.05) is 11.9 Å². The molecule has 164 valence electrons. The van der Waals surface area contributed by atoms with Crippen LogP contribution in [-0.4, -0.2) is 27.0 Å². The average Bonchev–Trinajstić information content (AvgIpc) is 2.73. The maximum absolute atomic E-state index is 13.2. The summed E-state index contributed by atoms with van der Waals surface area (Å²) < 4.78 is 1.64. The summed E-state index contributed by atoms with van der Waals surface area (Å²) in [6.07, 6.45) is 1.36. The lowest BCUT2D eigenvalue weighted by Crippen LogP contribution is -2.41. The Kier molecular flexibility index (Phi) is 7.57. The highest BCUT2D eigenvalue weighted by atomic mass is 35.5. The normalized spacial score (nSPS) is 12.0. The van der Waals surface area contributed by atoms with Gasteiger partial charge in [-0.25, -0.2) is 9.78 Å². The zero-order valence-electron chi connectivity index (χ0n) is 17.9. The van der Waals surface area contributed by atoms with Gasteiger partial charge in [-0.1, -0.05) is 43.1 Å². The van der Waals surface area contributed by atoms with Gasteiger partial charge in [0, 0.05) is 28.8 Å². The van der Waals surface area contributed by atoms with Gasteiger partial charge in [-0.3, -0.25) is 9.36 Å². The van der Waals surface area contributed by atoms with Crippen molar-refractivity contribution in [1.82, 2.24) is 14.5 Å². The lowest BCUT2D eigenvalue weighted by Gasteiger charge is -2.32. The maximum atomic E-state index is 13.2. The monoisotopic (exact) mass is 460 g/mol. The smallest absolute Gasteiger partial charge is 0.314 e. The van der Waals surface area contributed by atoms with E-state index in [9.17, 15) is 9.59 Å². The maximum Gasteiger partial charge on any atom is 0.322 e. The van der Waals surface area contributed by atoms with Crippen molar-refractivity contribution in [3.63, 3.8) is 0 Å². The zero-order chi connectivity index (χ0) is 22.5. The van der Waals surface area contributed by atoms with E-state index in [0.29, 0.717) is 52.0 Å². The van der Waals surface area contributed by atoms with Crippen LogP contribution < -0.4 is 10.9 Å². The molecule has 2 amide bonds. The number of anilines is 1. The summed E-state index contributed by atoms with van der Waals surface area (Å²) in [5.74, 6) is 0.555. The SMILES string of the molecule is CCCN(C(=O)Nc1cccc(Cl)c1)[C@@H](CC)c1nc2cc(Cl)ccc2c(=O)n1CC. The van der Waals surface area contributed by atoms with Gasteiger partial charge in [0.15, 0.2) is 0 Å². The van der Waals surface area contributed by atoms with Crippen LogP contribution in [0, 0.1) is 0 Å². The van der Waals surface area contributed by atoms with Gasteiger partial charge >= 0.3 is 6.03 Å². The number of amides is 2. The van der Waals surface area contributed by atoms with E-state index < -0.39 is 0 Å². The van der Waals surface area contributed by atoms with Gasteiger partial charge in [-0.15, -0.1) is 0 Å². The molecule has 2 aromatic carbocycles. The molecule has 0 fully saturated rings. The first-order valence-corrected chi connectivity index (χ1v) is 11.2. The Morgan fingerprint density at radius 2 is 1.87 bits per heavy atom. The molecule has 0 unspecified atom stereocenters. The van der Waals surface area contributed by atoms with Crippen LogP contribution in [0.4, 0.5) is 10.5 Å². The van der Waals surface area contributed by atoms with E-state index in [1.807, 2.05) is 20.8 Å². The standard InChI is InChI=1S/C23H26Cl2N4O2/c1-4-12-29(23(31)26-17-9-7-8-15(24)13-17)20(5-2)21-27-19-14-16(25)10-11-18(19)22(30)28(21)6-3/h7-11,13-14,20H,4-6,12H2,1-3H3,(H,26,31)/t20-/m0/s1. The molecule has 1 aromatic heterocycles. The van der Waals surface area contributed by atoms with Crippen molar-refractivity contribution in [3.8, 4) is 0 Å². The lowest BCUT2D eigenvalue weighted by atomic mass is 10.1. The third-order valence-electron chi connectivity index (χ3n) is 5.13. The molecule has 31 heavy (non-hydrogen) atoms. The quantitative estimate of drug-likeness (QED) is 0.461. The molecule has 0 radical (unpaired) electrons. The molecule has 0 spiro atoms.